The molecular formula is C17H14N4O2S. The van der Waals surface area contributed by atoms with E-state index in [0.717, 1.165) is 16.2 Å². The lowest BCUT2D eigenvalue weighted by molar-refractivity contribution is 0.102. The second kappa shape index (κ2) is 5.61. The van der Waals surface area contributed by atoms with Crippen molar-refractivity contribution in [1.82, 2.24) is 14.5 Å². The fourth-order valence-electron chi connectivity index (χ4n) is 2.66. The number of aryl methyl sites for hydroxylation is 2. The first-order valence-electron chi connectivity index (χ1n) is 7.39. The monoisotopic (exact) mass is 338 g/mol. The number of nitrogens with one attached hydrogen (secondary N) is 1. The van der Waals surface area contributed by atoms with E-state index in [4.69, 9.17) is 4.52 Å². The Labute approximate surface area is 141 Å². The van der Waals surface area contributed by atoms with Crippen LogP contribution in [0.1, 0.15) is 21.8 Å². The molecule has 0 aliphatic rings. The molecule has 1 amide bonds. The van der Waals surface area contributed by atoms with E-state index in [-0.39, 0.29) is 5.91 Å². The highest BCUT2D eigenvalue weighted by Crippen LogP contribution is 2.29. The predicted octanol–water partition coefficient (Wildman–Crippen LogP) is 3.92. The molecule has 0 saturated heterocycles. The summed E-state index contributed by atoms with van der Waals surface area (Å²) in [5.74, 6) is 0.268. The van der Waals surface area contributed by atoms with Crippen LogP contribution in [0.15, 0.2) is 46.6 Å². The number of hydrogen-bond acceptors (Lipinski definition) is 5. The van der Waals surface area contributed by atoms with Gasteiger partial charge in [-0.1, -0.05) is 23.4 Å². The van der Waals surface area contributed by atoms with Gasteiger partial charge in [-0.2, -0.15) is 0 Å². The van der Waals surface area contributed by atoms with Crippen molar-refractivity contribution in [2.75, 3.05) is 5.32 Å². The molecule has 0 saturated carbocycles. The van der Waals surface area contributed by atoms with Gasteiger partial charge in [0, 0.05) is 23.3 Å². The van der Waals surface area contributed by atoms with Crippen molar-refractivity contribution in [2.45, 2.75) is 13.8 Å². The fourth-order valence-corrected chi connectivity index (χ4v) is 3.36. The first-order valence-corrected chi connectivity index (χ1v) is 8.27. The summed E-state index contributed by atoms with van der Waals surface area (Å²) in [6, 6.07) is 7.60. The molecule has 0 atom stereocenters. The van der Waals surface area contributed by atoms with Gasteiger partial charge in [-0.05, 0) is 19.9 Å². The van der Waals surface area contributed by atoms with Crippen molar-refractivity contribution < 1.29 is 9.32 Å². The highest BCUT2D eigenvalue weighted by molar-refractivity contribution is 7.15. The molecule has 1 aromatic carbocycles. The minimum absolute atomic E-state index is 0.236. The summed E-state index contributed by atoms with van der Waals surface area (Å²) in [7, 11) is 0. The van der Waals surface area contributed by atoms with Crippen LogP contribution < -0.4 is 5.32 Å². The number of anilines is 1. The Morgan fingerprint density at radius 3 is 2.88 bits per heavy atom. The average molecular weight is 338 g/mol. The molecule has 0 aliphatic heterocycles. The molecule has 3 aromatic heterocycles. The highest BCUT2D eigenvalue weighted by atomic mass is 32.1. The van der Waals surface area contributed by atoms with E-state index in [1.807, 2.05) is 46.4 Å². The number of rotatable bonds is 3. The minimum atomic E-state index is -0.236. The Morgan fingerprint density at radius 1 is 1.29 bits per heavy atom. The van der Waals surface area contributed by atoms with Crippen LogP contribution in [0.2, 0.25) is 0 Å². The van der Waals surface area contributed by atoms with E-state index in [2.05, 4.69) is 15.5 Å². The maximum absolute atomic E-state index is 12.6. The number of aromatic nitrogens is 3. The molecule has 4 rings (SSSR count). The molecule has 24 heavy (non-hydrogen) atoms. The first-order chi connectivity index (χ1) is 11.6. The number of carbonyl (C=O) groups excluding carboxylic acids is 1. The summed E-state index contributed by atoms with van der Waals surface area (Å²) in [5, 5.41) is 8.76. The lowest BCUT2D eigenvalue weighted by Gasteiger charge is -2.09. The van der Waals surface area contributed by atoms with Gasteiger partial charge in [0.25, 0.3) is 5.91 Å². The molecule has 6 nitrogen and oxygen atoms in total. The zero-order valence-electron chi connectivity index (χ0n) is 13.1. The van der Waals surface area contributed by atoms with Crippen molar-refractivity contribution in [3.63, 3.8) is 0 Å². The van der Waals surface area contributed by atoms with Gasteiger partial charge in [0.15, 0.2) is 4.96 Å². The van der Waals surface area contributed by atoms with Crippen LogP contribution in [-0.2, 0) is 0 Å². The van der Waals surface area contributed by atoms with Gasteiger partial charge in [-0.15, -0.1) is 11.3 Å². The molecule has 0 aliphatic carbocycles. The summed E-state index contributed by atoms with van der Waals surface area (Å²) in [6.45, 7) is 3.48. The van der Waals surface area contributed by atoms with Crippen LogP contribution >= 0.6 is 11.3 Å². The maximum Gasteiger partial charge on any atom is 0.261 e. The van der Waals surface area contributed by atoms with Crippen LogP contribution in [0.4, 0.5) is 5.69 Å². The van der Waals surface area contributed by atoms with Gasteiger partial charge < -0.3 is 9.84 Å². The average Bonchev–Trinajstić information content (AvgIpc) is 3.23. The smallest absolute Gasteiger partial charge is 0.261 e. The molecule has 0 unspecified atom stereocenters. The molecule has 4 aromatic rings. The van der Waals surface area contributed by atoms with Crippen molar-refractivity contribution in [3.05, 3.63) is 59.1 Å². The number of amides is 1. The first kappa shape index (κ1) is 14.6. The van der Waals surface area contributed by atoms with Gasteiger partial charge in [0.05, 0.1) is 17.1 Å². The fraction of sp³-hybridized carbons (Fsp3) is 0.118. The van der Waals surface area contributed by atoms with E-state index < -0.39 is 0 Å². The molecule has 0 spiro atoms. The van der Waals surface area contributed by atoms with Crippen LogP contribution in [0.5, 0.6) is 0 Å². The van der Waals surface area contributed by atoms with E-state index in [0.29, 0.717) is 22.7 Å². The summed E-state index contributed by atoms with van der Waals surface area (Å²) in [5.41, 5.74) is 3.43. The van der Waals surface area contributed by atoms with E-state index in [1.54, 1.807) is 25.2 Å². The van der Waals surface area contributed by atoms with Gasteiger partial charge in [-0.3, -0.25) is 9.20 Å². The van der Waals surface area contributed by atoms with Gasteiger partial charge in [0.2, 0.25) is 0 Å². The molecule has 7 heteroatoms. The predicted molar refractivity (Wildman–Crippen MR) is 92.4 cm³/mol. The van der Waals surface area contributed by atoms with Crippen molar-refractivity contribution >= 4 is 27.9 Å². The van der Waals surface area contributed by atoms with Gasteiger partial charge in [0.1, 0.15) is 11.3 Å². The Morgan fingerprint density at radius 2 is 2.12 bits per heavy atom. The highest BCUT2D eigenvalue weighted by Gasteiger charge is 2.19. The lowest BCUT2D eigenvalue weighted by atomic mass is 10.1. The van der Waals surface area contributed by atoms with Crippen molar-refractivity contribution in [1.29, 1.82) is 0 Å². The van der Waals surface area contributed by atoms with Crippen LogP contribution in [-0.4, -0.2) is 20.4 Å². The number of thiazole rings is 1. The number of para-hydroxylation sites is 1. The standard InChI is InChI=1S/C17H14N4O2S/c1-10-15(11(2)23-20-10)16(22)18-13-6-4-3-5-12(13)14-9-21-7-8-24-17(21)19-14/h3-9H,1-2H3,(H,18,22). The third-order valence-corrected chi connectivity index (χ3v) is 4.58. The Hall–Kier alpha value is -2.93. The molecule has 1 N–H and O–H groups in total. The summed E-state index contributed by atoms with van der Waals surface area (Å²) >= 11 is 1.57. The summed E-state index contributed by atoms with van der Waals surface area (Å²) in [4.78, 5) is 18.1. The second-order valence-corrected chi connectivity index (χ2v) is 6.29. The van der Waals surface area contributed by atoms with Crippen molar-refractivity contribution in [2.24, 2.45) is 0 Å². The van der Waals surface area contributed by atoms with Crippen LogP contribution in [0.25, 0.3) is 16.2 Å². The third-order valence-electron chi connectivity index (χ3n) is 3.80. The maximum atomic E-state index is 12.6. The summed E-state index contributed by atoms with van der Waals surface area (Å²) < 4.78 is 7.04. The number of fused-ring (bicyclic) bond motifs is 1. The SMILES string of the molecule is Cc1noc(C)c1C(=O)Nc1ccccc1-c1cn2ccsc2n1. The topological polar surface area (TPSA) is 72.4 Å². The Balaban J connectivity index is 1.72. The number of carbonyl (C=O) groups is 1. The zero-order valence-corrected chi connectivity index (χ0v) is 13.9. The minimum Gasteiger partial charge on any atom is -0.361 e. The molecule has 120 valence electrons. The number of imidazole rings is 1. The normalized spacial score (nSPS) is 11.1. The van der Waals surface area contributed by atoms with Gasteiger partial charge >= 0.3 is 0 Å². The number of hydrogen-bond donors (Lipinski definition) is 1. The quantitative estimate of drug-likeness (QED) is 0.614. The zero-order chi connectivity index (χ0) is 16.7. The Bertz CT molecular complexity index is 996. The second-order valence-electron chi connectivity index (χ2n) is 5.42. The molecule has 0 bridgehead atoms. The van der Waals surface area contributed by atoms with E-state index >= 15 is 0 Å². The van der Waals surface area contributed by atoms with E-state index in [9.17, 15) is 4.79 Å². The molecular weight excluding hydrogens is 324 g/mol. The van der Waals surface area contributed by atoms with Gasteiger partial charge in [-0.25, -0.2) is 4.98 Å². The molecule has 3 heterocycles. The van der Waals surface area contributed by atoms with Crippen LogP contribution in [0, 0.1) is 13.8 Å². The van der Waals surface area contributed by atoms with Crippen LogP contribution in [0.3, 0.4) is 0 Å². The lowest BCUT2D eigenvalue weighted by Crippen LogP contribution is -2.14. The van der Waals surface area contributed by atoms with E-state index in [1.165, 1.54) is 0 Å². The molecule has 0 fully saturated rings. The summed E-state index contributed by atoms with van der Waals surface area (Å²) in [6.07, 6.45) is 3.91. The molecule has 0 radical (unpaired) electrons. The Kier molecular flexibility index (Phi) is 3.42. The third kappa shape index (κ3) is 2.39. The number of benzene rings is 1. The number of nitrogens with zero attached hydrogens (tertiary/aromatic N) is 3. The largest absolute Gasteiger partial charge is 0.361 e. The van der Waals surface area contributed by atoms with Crippen molar-refractivity contribution in [3.8, 4) is 11.3 Å².